The quantitative estimate of drug-likeness (QED) is 0.483. The van der Waals surface area contributed by atoms with Crippen LogP contribution in [0.25, 0.3) is 0 Å². The third-order valence-electron chi connectivity index (χ3n) is 8.68. The zero-order valence-electron chi connectivity index (χ0n) is 28.5. The Hall–Kier alpha value is -3.03. The van der Waals surface area contributed by atoms with Gasteiger partial charge in [0.2, 0.25) is 6.29 Å². The van der Waals surface area contributed by atoms with Crippen molar-refractivity contribution in [1.82, 2.24) is 29.8 Å². The number of hydrogen-bond acceptors (Lipinski definition) is 8. The molecule has 0 spiro atoms. The van der Waals surface area contributed by atoms with Gasteiger partial charge in [0.25, 0.3) is 0 Å². The Balaban J connectivity index is 0.000000189. The van der Waals surface area contributed by atoms with E-state index in [2.05, 4.69) is 75.4 Å². The first-order valence-corrected chi connectivity index (χ1v) is 16.4. The average molecular weight is 661 g/mol. The number of alkyl halides is 3. The second kappa shape index (κ2) is 16.4. The van der Waals surface area contributed by atoms with Crippen LogP contribution < -0.4 is 5.32 Å². The molecule has 0 radical (unpaired) electrons. The van der Waals surface area contributed by atoms with Crippen molar-refractivity contribution in [1.29, 1.82) is 0 Å². The highest BCUT2D eigenvalue weighted by Crippen LogP contribution is 2.26. The Morgan fingerprint density at radius 3 is 1.68 bits per heavy atom. The standard InChI is InChI=1S/C19H29N3O2.C14H21N3.C2HF3O/c1-19(2,3)24-18(23)22-13-16-6-5-15(11-17(16)14-22)12-21-9-7-20(4)8-10-21;1-16-4-6-17(7-5-16)11-12-2-3-13-9-15-10-14(13)8-12;3-2(4,5)1-6/h5-6,11H,7-10,12-14H2,1-4H3;2-3,8,15H,4-7,9-11H2,1H3;1H. The minimum atomic E-state index is -4.64. The zero-order valence-corrected chi connectivity index (χ0v) is 28.5. The lowest BCUT2D eigenvalue weighted by atomic mass is 10.1. The smallest absolute Gasteiger partial charge is 0.444 e. The van der Waals surface area contributed by atoms with Gasteiger partial charge in [-0.2, -0.15) is 13.2 Å². The first kappa shape index (κ1) is 36.8. The van der Waals surface area contributed by atoms with Crippen LogP contribution in [-0.4, -0.2) is 115 Å². The lowest BCUT2D eigenvalue weighted by Gasteiger charge is -2.32. The number of fused-ring (bicyclic) bond motifs is 2. The molecule has 0 aliphatic carbocycles. The maximum absolute atomic E-state index is 12.3. The van der Waals surface area contributed by atoms with Crippen molar-refractivity contribution in [2.45, 2.75) is 71.8 Å². The zero-order chi connectivity index (χ0) is 34.2. The van der Waals surface area contributed by atoms with Crippen molar-refractivity contribution in [3.8, 4) is 0 Å². The second-order valence-electron chi connectivity index (χ2n) is 14.0. The fraction of sp³-hybridized carbons (Fsp3) is 0.600. The summed E-state index contributed by atoms with van der Waals surface area (Å²) in [6.45, 7) is 20.5. The number of carbonyl (C=O) groups excluding carboxylic acids is 2. The maximum atomic E-state index is 12.3. The van der Waals surface area contributed by atoms with Crippen molar-refractivity contribution in [2.24, 2.45) is 0 Å². The van der Waals surface area contributed by atoms with E-state index in [1.165, 1.54) is 59.6 Å². The van der Waals surface area contributed by atoms with Gasteiger partial charge in [-0.05, 0) is 68.2 Å². The second-order valence-corrected chi connectivity index (χ2v) is 14.0. The minimum absolute atomic E-state index is 0.223. The fourth-order valence-corrected chi connectivity index (χ4v) is 5.98. The fourth-order valence-electron chi connectivity index (χ4n) is 5.98. The predicted octanol–water partition coefficient (Wildman–Crippen LogP) is 4.47. The van der Waals surface area contributed by atoms with E-state index in [9.17, 15) is 18.0 Å². The number of nitrogens with one attached hydrogen (secondary N) is 1. The Bertz CT molecular complexity index is 1330. The molecule has 1 N–H and O–H groups in total. The number of carbonyl (C=O) groups is 2. The molecule has 0 unspecified atom stereocenters. The summed E-state index contributed by atoms with van der Waals surface area (Å²) >= 11 is 0. The van der Waals surface area contributed by atoms with E-state index in [-0.39, 0.29) is 6.09 Å². The number of aldehydes is 1. The van der Waals surface area contributed by atoms with Gasteiger partial charge in [-0.15, -0.1) is 0 Å². The van der Waals surface area contributed by atoms with Crippen LogP contribution in [0.1, 0.15) is 54.2 Å². The monoisotopic (exact) mass is 660 g/mol. The Labute approximate surface area is 277 Å². The third-order valence-corrected chi connectivity index (χ3v) is 8.68. The van der Waals surface area contributed by atoms with Crippen LogP contribution in [0, 0.1) is 0 Å². The molecule has 2 aromatic rings. The molecule has 4 heterocycles. The highest BCUT2D eigenvalue weighted by atomic mass is 19.4. The molecule has 6 rings (SSSR count). The molecule has 9 nitrogen and oxygen atoms in total. The molecule has 12 heteroatoms. The molecule has 0 atom stereocenters. The van der Waals surface area contributed by atoms with Crippen LogP contribution in [0.3, 0.4) is 0 Å². The summed E-state index contributed by atoms with van der Waals surface area (Å²) in [5, 5.41) is 3.40. The molecular formula is C35H51F3N6O3. The Kier molecular flexibility index (Phi) is 12.8. The van der Waals surface area contributed by atoms with E-state index in [1.54, 1.807) is 4.90 Å². The van der Waals surface area contributed by atoms with Crippen LogP contribution in [0.2, 0.25) is 0 Å². The summed E-state index contributed by atoms with van der Waals surface area (Å²) in [6.07, 6.45) is -5.92. The van der Waals surface area contributed by atoms with Gasteiger partial charge in [0, 0.05) is 91.6 Å². The van der Waals surface area contributed by atoms with Gasteiger partial charge in [-0.1, -0.05) is 36.4 Å². The van der Waals surface area contributed by atoms with E-state index < -0.39 is 18.1 Å². The van der Waals surface area contributed by atoms with E-state index in [4.69, 9.17) is 9.53 Å². The molecule has 47 heavy (non-hydrogen) atoms. The minimum Gasteiger partial charge on any atom is -0.444 e. The molecule has 260 valence electrons. The summed E-state index contributed by atoms with van der Waals surface area (Å²) in [4.78, 5) is 32.6. The van der Waals surface area contributed by atoms with E-state index >= 15 is 0 Å². The number of hydrogen-bond donors (Lipinski definition) is 1. The van der Waals surface area contributed by atoms with E-state index in [0.717, 1.165) is 52.4 Å². The van der Waals surface area contributed by atoms with Crippen molar-refractivity contribution < 1.29 is 27.5 Å². The van der Waals surface area contributed by atoms with Gasteiger partial charge in [-0.3, -0.25) is 19.5 Å². The van der Waals surface area contributed by atoms with Gasteiger partial charge in [0.05, 0.1) is 0 Å². The van der Waals surface area contributed by atoms with Gasteiger partial charge in [0.1, 0.15) is 5.60 Å². The number of nitrogens with zero attached hydrogens (tertiary/aromatic N) is 5. The van der Waals surface area contributed by atoms with Crippen molar-refractivity contribution >= 4 is 12.4 Å². The third kappa shape index (κ3) is 12.2. The summed E-state index contributed by atoms with van der Waals surface area (Å²) < 4.78 is 36.7. The summed E-state index contributed by atoms with van der Waals surface area (Å²) in [5.41, 5.74) is 7.83. The lowest BCUT2D eigenvalue weighted by molar-refractivity contribution is -0.156. The van der Waals surface area contributed by atoms with Crippen LogP contribution in [0.5, 0.6) is 0 Å². The molecule has 4 aliphatic heterocycles. The van der Waals surface area contributed by atoms with Crippen LogP contribution in [-0.2, 0) is 48.8 Å². The lowest BCUT2D eigenvalue weighted by Crippen LogP contribution is -2.43. The molecule has 2 saturated heterocycles. The normalized spacial score (nSPS) is 19.2. The SMILES string of the molecule is CN1CCN(Cc2ccc3c(c2)CN(C(=O)OC(C)(C)C)C3)CC1.CN1CCN(Cc2ccc3c(c2)CNC3)CC1.O=CC(F)(F)F. The van der Waals surface area contributed by atoms with Crippen LogP contribution >= 0.6 is 0 Å². The first-order chi connectivity index (χ1) is 22.2. The van der Waals surface area contributed by atoms with E-state index in [0.29, 0.717) is 13.1 Å². The highest BCUT2D eigenvalue weighted by Gasteiger charge is 2.28. The largest absolute Gasteiger partial charge is 0.446 e. The summed E-state index contributed by atoms with van der Waals surface area (Å²) in [5.74, 6) is 0. The van der Waals surface area contributed by atoms with Gasteiger partial charge < -0.3 is 19.9 Å². The molecule has 2 aromatic carbocycles. The molecule has 4 aliphatic rings. The van der Waals surface area contributed by atoms with E-state index in [1.807, 2.05) is 20.8 Å². The molecule has 0 bridgehead atoms. The van der Waals surface area contributed by atoms with Crippen molar-refractivity contribution in [3.63, 3.8) is 0 Å². The van der Waals surface area contributed by atoms with Gasteiger partial charge >= 0.3 is 12.3 Å². The molecule has 0 saturated carbocycles. The molecule has 1 amide bonds. The number of benzene rings is 2. The van der Waals surface area contributed by atoms with Crippen LogP contribution in [0.4, 0.5) is 18.0 Å². The number of halogens is 3. The number of amides is 1. The predicted molar refractivity (Wildman–Crippen MR) is 177 cm³/mol. The van der Waals surface area contributed by atoms with Gasteiger partial charge in [0.15, 0.2) is 0 Å². The topological polar surface area (TPSA) is 71.6 Å². The first-order valence-electron chi connectivity index (χ1n) is 16.4. The number of ether oxygens (including phenoxy) is 1. The summed E-state index contributed by atoms with van der Waals surface area (Å²) in [6, 6.07) is 13.6. The number of piperazine rings is 2. The van der Waals surface area contributed by atoms with Crippen molar-refractivity contribution in [2.75, 3.05) is 66.5 Å². The Morgan fingerprint density at radius 2 is 1.19 bits per heavy atom. The summed E-state index contributed by atoms with van der Waals surface area (Å²) in [7, 11) is 4.39. The maximum Gasteiger partial charge on any atom is 0.446 e. The Morgan fingerprint density at radius 1 is 0.745 bits per heavy atom. The highest BCUT2D eigenvalue weighted by molar-refractivity contribution is 5.69. The average Bonchev–Trinajstić information content (AvgIpc) is 3.66. The van der Waals surface area contributed by atoms with Gasteiger partial charge in [-0.25, -0.2) is 4.79 Å². The van der Waals surface area contributed by atoms with Crippen LogP contribution in [0.15, 0.2) is 36.4 Å². The number of likely N-dealkylation sites (N-methyl/N-ethyl adjacent to an activating group) is 2. The number of rotatable bonds is 4. The molecule has 0 aromatic heterocycles. The molecule has 2 fully saturated rings. The van der Waals surface area contributed by atoms with Crippen molar-refractivity contribution in [3.05, 3.63) is 69.8 Å². The molecular weight excluding hydrogens is 609 g/mol.